The van der Waals surface area contributed by atoms with Gasteiger partial charge in [0.25, 0.3) is 0 Å². The zero-order chi connectivity index (χ0) is 20.8. The van der Waals surface area contributed by atoms with Crippen molar-refractivity contribution >= 4 is 28.0 Å². The Bertz CT molecular complexity index is 1270. The molecule has 1 fully saturated rings. The molecule has 0 amide bonds. The Labute approximate surface area is 181 Å². The van der Waals surface area contributed by atoms with E-state index in [2.05, 4.69) is 46.6 Å². The van der Waals surface area contributed by atoms with Gasteiger partial charge in [0.1, 0.15) is 11.8 Å². The molecule has 0 aromatic heterocycles. The van der Waals surface area contributed by atoms with Crippen molar-refractivity contribution in [3.8, 4) is 5.75 Å². The first-order chi connectivity index (χ1) is 15.3. The fourth-order valence-corrected chi connectivity index (χ4v) is 5.16. The zero-order valence-electron chi connectivity index (χ0n) is 17.6. The summed E-state index contributed by atoms with van der Waals surface area (Å²) in [6, 6.07) is 19.0. The van der Waals surface area contributed by atoms with Crippen molar-refractivity contribution < 1.29 is 4.74 Å². The number of nitrogens with zero attached hydrogens (tertiary/aromatic N) is 4. The largest absolute Gasteiger partial charge is 0.496 e. The summed E-state index contributed by atoms with van der Waals surface area (Å²) in [7, 11) is 1.70. The molecule has 1 atom stereocenters. The number of hydrogen-bond donors (Lipinski definition) is 0. The lowest BCUT2D eigenvalue weighted by atomic mass is 9.91. The van der Waals surface area contributed by atoms with Gasteiger partial charge in [-0.3, -0.25) is 4.99 Å². The van der Waals surface area contributed by atoms with Gasteiger partial charge in [0.05, 0.1) is 25.1 Å². The van der Waals surface area contributed by atoms with E-state index in [1.807, 2.05) is 18.2 Å². The maximum absolute atomic E-state index is 5.53. The molecule has 0 radical (unpaired) electrons. The Morgan fingerprint density at radius 2 is 1.77 bits per heavy atom. The van der Waals surface area contributed by atoms with Gasteiger partial charge in [-0.25, -0.2) is 4.99 Å². The lowest BCUT2D eigenvalue weighted by Crippen LogP contribution is -2.06. The smallest absolute Gasteiger partial charge is 0.155 e. The summed E-state index contributed by atoms with van der Waals surface area (Å²) in [6.45, 7) is 0.581. The molecular formula is C26H24N4O. The molecule has 1 aliphatic carbocycles. The van der Waals surface area contributed by atoms with E-state index >= 15 is 0 Å². The molecule has 2 aliphatic heterocycles. The molecule has 5 nitrogen and oxygen atoms in total. The molecule has 0 bridgehead atoms. The predicted molar refractivity (Wildman–Crippen MR) is 124 cm³/mol. The summed E-state index contributed by atoms with van der Waals surface area (Å²) >= 11 is 0. The summed E-state index contributed by atoms with van der Waals surface area (Å²) in [4.78, 5) is 9.67. The van der Waals surface area contributed by atoms with Gasteiger partial charge in [0.15, 0.2) is 5.84 Å². The van der Waals surface area contributed by atoms with Crippen molar-refractivity contribution in [2.45, 2.75) is 31.7 Å². The van der Waals surface area contributed by atoms with E-state index in [9.17, 15) is 0 Å². The number of ether oxygens (including phenoxy) is 1. The summed E-state index contributed by atoms with van der Waals surface area (Å²) in [6.07, 6.45) is 5.18. The van der Waals surface area contributed by atoms with Crippen LogP contribution in [-0.2, 0) is 0 Å². The third-order valence-electron chi connectivity index (χ3n) is 6.78. The Kier molecular flexibility index (Phi) is 4.41. The minimum Gasteiger partial charge on any atom is -0.496 e. The van der Waals surface area contributed by atoms with Crippen molar-refractivity contribution in [1.82, 2.24) is 0 Å². The third-order valence-corrected chi connectivity index (χ3v) is 6.78. The zero-order valence-corrected chi connectivity index (χ0v) is 17.6. The Balaban J connectivity index is 1.32. The molecular weight excluding hydrogens is 384 g/mol. The lowest BCUT2D eigenvalue weighted by Gasteiger charge is -2.15. The molecule has 3 aromatic rings. The predicted octanol–water partition coefficient (Wildman–Crippen LogP) is 6.43. The second-order valence-corrected chi connectivity index (χ2v) is 8.54. The van der Waals surface area contributed by atoms with Crippen LogP contribution in [0.15, 0.2) is 74.8 Å². The number of amidine groups is 1. The van der Waals surface area contributed by atoms with Crippen LogP contribution in [-0.4, -0.2) is 25.2 Å². The maximum Gasteiger partial charge on any atom is 0.155 e. The quantitative estimate of drug-likeness (QED) is 0.491. The highest BCUT2D eigenvalue weighted by molar-refractivity contribution is 6.21. The third kappa shape index (κ3) is 3.07. The first-order valence-electron chi connectivity index (χ1n) is 11.0. The summed E-state index contributed by atoms with van der Waals surface area (Å²) in [5.41, 5.74) is 5.38. The van der Waals surface area contributed by atoms with Gasteiger partial charge in [0.2, 0.25) is 0 Å². The SMILES string of the molecule is COc1ccc(C2=NCC(c3ccc4c(c3)N=NC4C3CCCC3)=N2)c2ccccc12. The molecule has 5 heteroatoms. The summed E-state index contributed by atoms with van der Waals surface area (Å²) in [5, 5.41) is 11.3. The standard InChI is InChI=1S/C26H24N4O/c1-31-24-13-12-20(18-8-4-5-9-19(18)24)26-27-15-23(28-26)17-10-11-21-22(14-17)29-30-25(21)16-6-2-3-7-16/h4-5,8-14,16,25H,2-3,6-7,15H2,1H3. The number of aliphatic imine (C=N–C) groups is 2. The second kappa shape index (κ2) is 7.41. The Morgan fingerprint density at radius 1 is 0.935 bits per heavy atom. The average molecular weight is 409 g/mol. The minimum absolute atomic E-state index is 0.245. The van der Waals surface area contributed by atoms with E-state index in [4.69, 9.17) is 14.7 Å². The van der Waals surface area contributed by atoms with Crippen molar-refractivity contribution in [2.75, 3.05) is 13.7 Å². The fraction of sp³-hybridized carbons (Fsp3) is 0.308. The summed E-state index contributed by atoms with van der Waals surface area (Å²) < 4.78 is 5.53. The van der Waals surface area contributed by atoms with E-state index in [0.717, 1.165) is 44.9 Å². The van der Waals surface area contributed by atoms with Crippen LogP contribution in [0.4, 0.5) is 5.69 Å². The molecule has 3 aromatic carbocycles. The van der Waals surface area contributed by atoms with Crippen LogP contribution in [0.5, 0.6) is 5.75 Å². The fourth-order valence-electron chi connectivity index (χ4n) is 5.16. The van der Waals surface area contributed by atoms with Gasteiger partial charge in [-0.1, -0.05) is 49.2 Å². The highest BCUT2D eigenvalue weighted by atomic mass is 16.5. The van der Waals surface area contributed by atoms with Crippen molar-refractivity contribution in [1.29, 1.82) is 0 Å². The van der Waals surface area contributed by atoms with Gasteiger partial charge in [-0.2, -0.15) is 10.2 Å². The number of fused-ring (bicyclic) bond motifs is 2. The first-order valence-corrected chi connectivity index (χ1v) is 11.0. The van der Waals surface area contributed by atoms with Gasteiger partial charge in [-0.05, 0) is 42.3 Å². The van der Waals surface area contributed by atoms with Gasteiger partial charge < -0.3 is 4.74 Å². The van der Waals surface area contributed by atoms with Crippen LogP contribution in [0.1, 0.15) is 48.4 Å². The normalized spacial score (nSPS) is 20.2. The molecule has 3 aliphatic rings. The minimum atomic E-state index is 0.245. The van der Waals surface area contributed by atoms with Crippen LogP contribution >= 0.6 is 0 Å². The summed E-state index contributed by atoms with van der Waals surface area (Å²) in [5.74, 6) is 2.29. The van der Waals surface area contributed by atoms with Gasteiger partial charge in [0, 0.05) is 22.1 Å². The van der Waals surface area contributed by atoms with E-state index in [-0.39, 0.29) is 6.04 Å². The number of hydrogen-bond acceptors (Lipinski definition) is 5. The van der Waals surface area contributed by atoms with Crippen LogP contribution in [0, 0.1) is 5.92 Å². The number of methoxy groups -OCH3 is 1. The van der Waals surface area contributed by atoms with E-state index in [1.165, 1.54) is 31.2 Å². The van der Waals surface area contributed by atoms with E-state index in [0.29, 0.717) is 12.5 Å². The van der Waals surface area contributed by atoms with Crippen LogP contribution in [0.3, 0.4) is 0 Å². The number of benzene rings is 3. The second-order valence-electron chi connectivity index (χ2n) is 8.54. The van der Waals surface area contributed by atoms with Crippen LogP contribution < -0.4 is 4.74 Å². The van der Waals surface area contributed by atoms with Crippen molar-refractivity contribution in [3.05, 3.63) is 71.3 Å². The van der Waals surface area contributed by atoms with Crippen molar-refractivity contribution in [2.24, 2.45) is 26.1 Å². The van der Waals surface area contributed by atoms with Gasteiger partial charge in [-0.15, -0.1) is 0 Å². The lowest BCUT2D eigenvalue weighted by molar-refractivity contribution is 0.420. The highest BCUT2D eigenvalue weighted by Crippen LogP contribution is 2.46. The molecule has 1 unspecified atom stereocenters. The molecule has 2 heterocycles. The molecule has 154 valence electrons. The van der Waals surface area contributed by atoms with E-state index < -0.39 is 0 Å². The molecule has 0 N–H and O–H groups in total. The average Bonchev–Trinajstić information content (AvgIpc) is 3.58. The molecule has 0 saturated heterocycles. The first kappa shape index (κ1) is 18.4. The Morgan fingerprint density at radius 3 is 2.61 bits per heavy atom. The monoisotopic (exact) mass is 408 g/mol. The molecule has 1 saturated carbocycles. The topological polar surface area (TPSA) is 58.7 Å². The van der Waals surface area contributed by atoms with Gasteiger partial charge >= 0.3 is 0 Å². The van der Waals surface area contributed by atoms with Crippen molar-refractivity contribution in [3.63, 3.8) is 0 Å². The molecule has 6 rings (SSSR count). The van der Waals surface area contributed by atoms with Crippen LogP contribution in [0.2, 0.25) is 0 Å². The van der Waals surface area contributed by atoms with Crippen LogP contribution in [0.25, 0.3) is 10.8 Å². The molecule has 31 heavy (non-hydrogen) atoms. The van der Waals surface area contributed by atoms with E-state index in [1.54, 1.807) is 7.11 Å². The molecule has 0 spiro atoms. The number of azo groups is 1. The maximum atomic E-state index is 5.53. The Hall–Kier alpha value is -3.34. The highest BCUT2D eigenvalue weighted by Gasteiger charge is 2.31. The number of rotatable bonds is 4.